The van der Waals surface area contributed by atoms with Gasteiger partial charge in [-0.15, -0.1) is 0 Å². The van der Waals surface area contributed by atoms with Crippen molar-refractivity contribution < 1.29 is 14.2 Å². The molecule has 134 valence electrons. The van der Waals surface area contributed by atoms with Crippen molar-refractivity contribution in [2.75, 3.05) is 21.3 Å². The lowest BCUT2D eigenvalue weighted by Gasteiger charge is -2.10. The second-order valence-electron chi connectivity index (χ2n) is 5.19. The van der Waals surface area contributed by atoms with Crippen molar-refractivity contribution in [2.24, 2.45) is 5.10 Å². The average Bonchev–Trinajstić information content (AvgIpc) is 3.06. The van der Waals surface area contributed by atoms with E-state index in [9.17, 15) is 0 Å². The summed E-state index contributed by atoms with van der Waals surface area (Å²) in [6.07, 6.45) is 1.64. The van der Waals surface area contributed by atoms with Crippen LogP contribution in [-0.4, -0.2) is 42.4 Å². The summed E-state index contributed by atoms with van der Waals surface area (Å²) in [6.45, 7) is 0. The van der Waals surface area contributed by atoms with E-state index in [1.165, 1.54) is 4.68 Å². The number of H-pyrrole nitrogens is 1. The summed E-state index contributed by atoms with van der Waals surface area (Å²) in [7, 11) is 4.78. The Balaban J connectivity index is 2.06. The van der Waals surface area contributed by atoms with E-state index >= 15 is 0 Å². The van der Waals surface area contributed by atoms with Crippen LogP contribution in [-0.2, 0) is 0 Å². The number of hydrogen-bond acceptors (Lipinski definition) is 6. The molecule has 0 atom stereocenters. The predicted octanol–water partition coefficient (Wildman–Crippen LogP) is 3.52. The number of methoxy groups -OCH3 is 3. The zero-order valence-corrected chi connectivity index (χ0v) is 15.4. The Morgan fingerprint density at radius 3 is 2.46 bits per heavy atom. The third kappa shape index (κ3) is 3.31. The summed E-state index contributed by atoms with van der Waals surface area (Å²) in [5.41, 5.74) is 1.53. The minimum atomic E-state index is 0.365. The van der Waals surface area contributed by atoms with Gasteiger partial charge in [0.15, 0.2) is 17.3 Å². The van der Waals surface area contributed by atoms with E-state index in [1.54, 1.807) is 27.5 Å². The van der Waals surface area contributed by atoms with Crippen molar-refractivity contribution in [3.63, 3.8) is 0 Å². The molecule has 0 unspecified atom stereocenters. The van der Waals surface area contributed by atoms with E-state index in [-0.39, 0.29) is 0 Å². The van der Waals surface area contributed by atoms with Crippen LogP contribution in [0, 0.1) is 4.77 Å². The Labute approximate surface area is 155 Å². The number of para-hydroxylation sites is 2. The summed E-state index contributed by atoms with van der Waals surface area (Å²) in [6, 6.07) is 13.1. The second-order valence-corrected chi connectivity index (χ2v) is 5.58. The minimum Gasteiger partial charge on any atom is -0.496 e. The lowest BCUT2D eigenvalue weighted by Crippen LogP contribution is -1.99. The molecule has 2 aromatic carbocycles. The molecule has 0 bridgehead atoms. The number of benzene rings is 2. The highest BCUT2D eigenvalue weighted by Crippen LogP contribution is 2.30. The fourth-order valence-electron chi connectivity index (χ4n) is 2.54. The maximum atomic E-state index is 5.42. The predicted molar refractivity (Wildman–Crippen MR) is 102 cm³/mol. The van der Waals surface area contributed by atoms with Gasteiger partial charge >= 0.3 is 0 Å². The summed E-state index contributed by atoms with van der Waals surface area (Å²) in [5, 5.41) is 11.5. The Hall–Kier alpha value is -3.13. The standard InChI is InChI=1S/C18H18N4O3S/c1-23-14-9-5-4-8-13(14)17-20-21-18(26)22(17)19-11-12-7-6-10-15(24-2)16(12)25-3/h4-11H,1-3H3,(H,21,26)/b19-11+. The molecule has 1 heterocycles. The van der Waals surface area contributed by atoms with Gasteiger partial charge in [-0.1, -0.05) is 18.2 Å². The van der Waals surface area contributed by atoms with E-state index in [0.29, 0.717) is 27.8 Å². The molecule has 7 nitrogen and oxygen atoms in total. The Morgan fingerprint density at radius 1 is 1.00 bits per heavy atom. The first-order valence-corrected chi connectivity index (χ1v) is 8.16. The molecule has 0 amide bonds. The molecule has 0 aliphatic heterocycles. The van der Waals surface area contributed by atoms with Crippen LogP contribution in [0.15, 0.2) is 47.6 Å². The van der Waals surface area contributed by atoms with Gasteiger partial charge in [0, 0.05) is 5.56 Å². The van der Waals surface area contributed by atoms with Crippen molar-refractivity contribution in [2.45, 2.75) is 0 Å². The number of aromatic nitrogens is 3. The van der Waals surface area contributed by atoms with Gasteiger partial charge < -0.3 is 14.2 Å². The molecule has 26 heavy (non-hydrogen) atoms. The fourth-order valence-corrected chi connectivity index (χ4v) is 2.72. The van der Waals surface area contributed by atoms with Gasteiger partial charge in [0.05, 0.1) is 33.1 Å². The first kappa shape index (κ1) is 17.7. The second kappa shape index (κ2) is 7.83. The molecule has 3 rings (SSSR count). The van der Waals surface area contributed by atoms with Crippen LogP contribution in [0.25, 0.3) is 11.4 Å². The number of aromatic amines is 1. The largest absolute Gasteiger partial charge is 0.496 e. The van der Waals surface area contributed by atoms with Crippen molar-refractivity contribution in [3.8, 4) is 28.6 Å². The fraction of sp³-hybridized carbons (Fsp3) is 0.167. The molecule has 3 aromatic rings. The van der Waals surface area contributed by atoms with Crippen LogP contribution >= 0.6 is 12.2 Å². The Kier molecular flexibility index (Phi) is 5.33. The first-order valence-electron chi connectivity index (χ1n) is 7.75. The third-order valence-electron chi connectivity index (χ3n) is 3.74. The molecule has 0 spiro atoms. The SMILES string of the molecule is COc1ccccc1-c1n[nH]c(=S)n1/N=C/c1cccc(OC)c1OC. The Bertz CT molecular complexity index is 994. The van der Waals surface area contributed by atoms with E-state index in [0.717, 1.165) is 11.1 Å². The van der Waals surface area contributed by atoms with E-state index in [4.69, 9.17) is 26.4 Å². The minimum absolute atomic E-state index is 0.365. The van der Waals surface area contributed by atoms with Crippen molar-refractivity contribution in [1.29, 1.82) is 0 Å². The topological polar surface area (TPSA) is 73.7 Å². The molecule has 0 saturated carbocycles. The highest BCUT2D eigenvalue weighted by molar-refractivity contribution is 7.71. The lowest BCUT2D eigenvalue weighted by atomic mass is 10.2. The molecule has 0 aliphatic carbocycles. The van der Waals surface area contributed by atoms with Crippen LogP contribution in [0.2, 0.25) is 0 Å². The molecule has 0 fully saturated rings. The summed E-state index contributed by atoms with van der Waals surface area (Å²) >= 11 is 5.31. The molecule has 0 aliphatic rings. The van der Waals surface area contributed by atoms with Crippen molar-refractivity contribution in [3.05, 3.63) is 52.8 Å². The lowest BCUT2D eigenvalue weighted by molar-refractivity contribution is 0.354. The number of nitrogens with zero attached hydrogens (tertiary/aromatic N) is 3. The molecule has 0 radical (unpaired) electrons. The van der Waals surface area contributed by atoms with E-state index in [2.05, 4.69) is 15.3 Å². The number of nitrogens with one attached hydrogen (secondary N) is 1. The first-order chi connectivity index (χ1) is 12.7. The Morgan fingerprint density at radius 2 is 1.73 bits per heavy atom. The monoisotopic (exact) mass is 370 g/mol. The molecule has 1 N–H and O–H groups in total. The van der Waals surface area contributed by atoms with Crippen LogP contribution in [0.5, 0.6) is 17.2 Å². The molecule has 1 aromatic heterocycles. The molecular weight excluding hydrogens is 352 g/mol. The molecule has 8 heteroatoms. The van der Waals surface area contributed by atoms with Crippen LogP contribution < -0.4 is 14.2 Å². The molecular formula is C18H18N4O3S. The zero-order valence-electron chi connectivity index (χ0n) is 14.6. The highest BCUT2D eigenvalue weighted by Gasteiger charge is 2.13. The quantitative estimate of drug-likeness (QED) is 0.531. The van der Waals surface area contributed by atoms with Crippen molar-refractivity contribution >= 4 is 18.4 Å². The van der Waals surface area contributed by atoms with Gasteiger partial charge in [-0.25, -0.2) is 5.10 Å². The molecule has 0 saturated heterocycles. The van der Waals surface area contributed by atoms with Crippen LogP contribution in [0.1, 0.15) is 5.56 Å². The number of hydrogen-bond donors (Lipinski definition) is 1. The highest BCUT2D eigenvalue weighted by atomic mass is 32.1. The van der Waals surface area contributed by atoms with Crippen molar-refractivity contribution in [1.82, 2.24) is 14.9 Å². The zero-order chi connectivity index (χ0) is 18.5. The van der Waals surface area contributed by atoms with Gasteiger partial charge in [-0.3, -0.25) is 0 Å². The van der Waals surface area contributed by atoms with Gasteiger partial charge in [0.25, 0.3) is 0 Å². The van der Waals surface area contributed by atoms with Crippen LogP contribution in [0.4, 0.5) is 0 Å². The van der Waals surface area contributed by atoms with Crippen LogP contribution in [0.3, 0.4) is 0 Å². The smallest absolute Gasteiger partial charge is 0.216 e. The normalized spacial score (nSPS) is 10.9. The van der Waals surface area contributed by atoms with Gasteiger partial charge in [-0.05, 0) is 36.5 Å². The maximum absolute atomic E-state index is 5.42. The van der Waals surface area contributed by atoms with Gasteiger partial charge in [0.1, 0.15) is 5.75 Å². The van der Waals surface area contributed by atoms with E-state index in [1.807, 2.05) is 42.5 Å². The summed E-state index contributed by atoms with van der Waals surface area (Å²) < 4.78 is 18.0. The summed E-state index contributed by atoms with van der Waals surface area (Å²) in [5.74, 6) is 2.44. The number of rotatable bonds is 6. The van der Waals surface area contributed by atoms with E-state index < -0.39 is 0 Å². The van der Waals surface area contributed by atoms with Gasteiger partial charge in [-0.2, -0.15) is 14.9 Å². The van der Waals surface area contributed by atoms with Gasteiger partial charge in [0.2, 0.25) is 4.77 Å². The third-order valence-corrected chi connectivity index (χ3v) is 4.01. The average molecular weight is 370 g/mol. The summed E-state index contributed by atoms with van der Waals surface area (Å²) in [4.78, 5) is 0. The maximum Gasteiger partial charge on any atom is 0.216 e. The number of ether oxygens (including phenoxy) is 3.